The number of nitrogens with zero attached hydrogens (tertiary/aromatic N) is 3. The summed E-state index contributed by atoms with van der Waals surface area (Å²) < 4.78 is 1.76. The average Bonchev–Trinajstić information content (AvgIpc) is 3.21. The number of carbonyl (C=O) groups excluding carboxylic acids is 1. The zero-order valence-electron chi connectivity index (χ0n) is 13.3. The van der Waals surface area contributed by atoms with Gasteiger partial charge in [0.25, 0.3) is 5.91 Å². The summed E-state index contributed by atoms with van der Waals surface area (Å²) in [6, 6.07) is 0. The van der Waals surface area contributed by atoms with Crippen molar-refractivity contribution < 1.29 is 4.79 Å². The highest BCUT2D eigenvalue weighted by atomic mass is 32.1. The second kappa shape index (κ2) is 8.24. The van der Waals surface area contributed by atoms with Gasteiger partial charge in [-0.1, -0.05) is 25.7 Å². The normalized spacial score (nSPS) is 11.8. The smallest absolute Gasteiger partial charge is 0.270 e. The van der Waals surface area contributed by atoms with Crippen molar-refractivity contribution in [1.29, 1.82) is 0 Å². The molecule has 0 aliphatic carbocycles. The molecular weight excluding hydrogens is 308 g/mol. The molecule has 0 saturated heterocycles. The molecule has 0 bridgehead atoms. The number of nitrogens with one attached hydrogen (secondary N) is 1. The van der Waals surface area contributed by atoms with Crippen LogP contribution in [0.25, 0.3) is 16.3 Å². The first kappa shape index (κ1) is 16.9. The third kappa shape index (κ3) is 4.26. The fraction of sp³-hybridized carbons (Fsp3) is 0.235. The van der Waals surface area contributed by atoms with Gasteiger partial charge < -0.3 is 5.32 Å². The molecule has 0 unspecified atom stereocenters. The Bertz CT molecular complexity index is 739. The van der Waals surface area contributed by atoms with Crippen LogP contribution in [-0.4, -0.2) is 27.2 Å². The van der Waals surface area contributed by atoms with Crippen molar-refractivity contribution in [1.82, 2.24) is 20.1 Å². The van der Waals surface area contributed by atoms with E-state index in [2.05, 4.69) is 22.0 Å². The molecule has 0 spiro atoms. The molecule has 0 aromatic carbocycles. The van der Waals surface area contributed by atoms with E-state index < -0.39 is 0 Å². The highest BCUT2D eigenvalue weighted by molar-refractivity contribution is 7.13. The molecular formula is C17H20N4OS. The van der Waals surface area contributed by atoms with Crippen LogP contribution in [0.3, 0.4) is 0 Å². The van der Waals surface area contributed by atoms with Crippen LogP contribution in [0.4, 0.5) is 0 Å². The van der Waals surface area contributed by atoms with Gasteiger partial charge in [-0.2, -0.15) is 5.10 Å². The van der Waals surface area contributed by atoms with E-state index in [-0.39, 0.29) is 5.91 Å². The van der Waals surface area contributed by atoms with Gasteiger partial charge in [0.15, 0.2) is 0 Å². The van der Waals surface area contributed by atoms with Gasteiger partial charge in [-0.3, -0.25) is 4.79 Å². The standard InChI is InChI=1S/C17H20N4OS/c1-4-7-14(8-5-2)21-11-13(10-19-21)17-20-15(12-23-17)16(22)18-9-6-3/h4-5,7-8,10-12H,1,6,9H2,2-3H3,(H,18,22)/b8-5-,14-7+. The average molecular weight is 328 g/mol. The van der Waals surface area contributed by atoms with Crippen LogP contribution in [0.15, 0.2) is 48.7 Å². The van der Waals surface area contributed by atoms with Gasteiger partial charge in [-0.25, -0.2) is 9.67 Å². The number of rotatable bonds is 7. The highest BCUT2D eigenvalue weighted by Gasteiger charge is 2.12. The molecule has 0 aliphatic heterocycles. The van der Waals surface area contributed by atoms with Crippen LogP contribution >= 0.6 is 11.3 Å². The van der Waals surface area contributed by atoms with E-state index in [9.17, 15) is 4.79 Å². The van der Waals surface area contributed by atoms with Crippen molar-refractivity contribution in [3.63, 3.8) is 0 Å². The van der Waals surface area contributed by atoms with Crippen LogP contribution in [0.1, 0.15) is 30.8 Å². The Labute approximate surface area is 140 Å². The van der Waals surface area contributed by atoms with Crippen molar-refractivity contribution in [2.45, 2.75) is 20.3 Å². The largest absolute Gasteiger partial charge is 0.351 e. The molecule has 2 heterocycles. The lowest BCUT2D eigenvalue weighted by atomic mass is 10.3. The van der Waals surface area contributed by atoms with Crippen LogP contribution in [-0.2, 0) is 0 Å². The summed E-state index contributed by atoms with van der Waals surface area (Å²) in [5.74, 6) is -0.136. The minimum atomic E-state index is -0.136. The van der Waals surface area contributed by atoms with Gasteiger partial charge >= 0.3 is 0 Å². The minimum absolute atomic E-state index is 0.136. The lowest BCUT2D eigenvalue weighted by molar-refractivity contribution is 0.0949. The summed E-state index contributed by atoms with van der Waals surface area (Å²) in [6.45, 7) is 8.33. The van der Waals surface area contributed by atoms with Gasteiger partial charge in [-0.15, -0.1) is 11.3 Å². The van der Waals surface area contributed by atoms with E-state index in [1.165, 1.54) is 11.3 Å². The molecule has 23 heavy (non-hydrogen) atoms. The monoisotopic (exact) mass is 328 g/mol. The fourth-order valence-corrected chi connectivity index (χ4v) is 2.69. The van der Waals surface area contributed by atoms with Crippen molar-refractivity contribution in [2.24, 2.45) is 0 Å². The van der Waals surface area contributed by atoms with E-state index in [0.717, 1.165) is 22.7 Å². The summed E-state index contributed by atoms with van der Waals surface area (Å²) in [6.07, 6.45) is 12.0. The number of hydrogen-bond acceptors (Lipinski definition) is 4. The molecule has 0 fully saturated rings. The van der Waals surface area contributed by atoms with E-state index in [4.69, 9.17) is 0 Å². The molecule has 0 aliphatic rings. The summed E-state index contributed by atoms with van der Waals surface area (Å²) in [7, 11) is 0. The first-order valence-electron chi connectivity index (χ1n) is 7.44. The number of hydrogen-bond donors (Lipinski definition) is 1. The summed E-state index contributed by atoms with van der Waals surface area (Å²) in [4.78, 5) is 16.3. The molecule has 0 atom stereocenters. The lowest BCUT2D eigenvalue weighted by Gasteiger charge is -2.00. The number of allylic oxidation sites excluding steroid dienone is 5. The third-order valence-electron chi connectivity index (χ3n) is 2.99. The number of carbonyl (C=O) groups is 1. The number of thiazole rings is 1. The van der Waals surface area contributed by atoms with Crippen molar-refractivity contribution in [3.8, 4) is 10.6 Å². The predicted octanol–water partition coefficient (Wildman–Crippen LogP) is 3.75. The maximum atomic E-state index is 11.9. The Morgan fingerprint density at radius 1 is 1.52 bits per heavy atom. The summed E-state index contributed by atoms with van der Waals surface area (Å²) in [5, 5.41) is 9.72. The molecule has 1 amide bonds. The van der Waals surface area contributed by atoms with Gasteiger partial charge in [0.05, 0.1) is 11.9 Å². The second-order valence-electron chi connectivity index (χ2n) is 4.79. The molecule has 120 valence electrons. The fourth-order valence-electron chi connectivity index (χ4n) is 1.91. The Kier molecular flexibility index (Phi) is 6.05. The minimum Gasteiger partial charge on any atom is -0.351 e. The SMILES string of the molecule is C=C/C=C(\C=C/C)n1cc(-c2nc(C(=O)NCCC)cs2)cn1. The van der Waals surface area contributed by atoms with Gasteiger partial charge in [0, 0.05) is 23.7 Å². The second-order valence-corrected chi connectivity index (χ2v) is 5.65. The Morgan fingerprint density at radius 2 is 2.35 bits per heavy atom. The van der Waals surface area contributed by atoms with E-state index >= 15 is 0 Å². The quantitative estimate of drug-likeness (QED) is 0.788. The molecule has 6 heteroatoms. The Hall–Kier alpha value is -2.47. The van der Waals surface area contributed by atoms with Crippen molar-refractivity contribution in [3.05, 3.63) is 54.4 Å². The Balaban J connectivity index is 2.21. The van der Waals surface area contributed by atoms with Gasteiger partial charge in [0.1, 0.15) is 10.7 Å². The maximum Gasteiger partial charge on any atom is 0.270 e. The first-order valence-corrected chi connectivity index (χ1v) is 8.32. The van der Waals surface area contributed by atoms with Crippen molar-refractivity contribution >= 4 is 22.9 Å². The molecule has 2 aromatic heterocycles. The molecule has 0 saturated carbocycles. The lowest BCUT2D eigenvalue weighted by Crippen LogP contribution is -2.24. The van der Waals surface area contributed by atoms with Gasteiger partial charge in [-0.05, 0) is 25.5 Å². The van der Waals surface area contributed by atoms with Crippen molar-refractivity contribution in [2.75, 3.05) is 6.54 Å². The molecule has 2 rings (SSSR count). The zero-order chi connectivity index (χ0) is 16.7. The zero-order valence-corrected chi connectivity index (χ0v) is 14.1. The first-order chi connectivity index (χ1) is 11.2. The third-order valence-corrected chi connectivity index (χ3v) is 3.88. The topological polar surface area (TPSA) is 59.8 Å². The Morgan fingerprint density at radius 3 is 3.04 bits per heavy atom. The van der Waals surface area contributed by atoms with Crippen LogP contribution in [0.2, 0.25) is 0 Å². The molecule has 0 radical (unpaired) electrons. The summed E-state index contributed by atoms with van der Waals surface area (Å²) in [5.41, 5.74) is 2.23. The van der Waals surface area contributed by atoms with E-state index in [1.807, 2.05) is 38.3 Å². The van der Waals surface area contributed by atoms with Crippen LogP contribution in [0, 0.1) is 0 Å². The molecule has 1 N–H and O–H groups in total. The predicted molar refractivity (Wildman–Crippen MR) is 95.2 cm³/mol. The highest BCUT2D eigenvalue weighted by Crippen LogP contribution is 2.24. The van der Waals surface area contributed by atoms with E-state index in [0.29, 0.717) is 12.2 Å². The maximum absolute atomic E-state index is 11.9. The van der Waals surface area contributed by atoms with Gasteiger partial charge in [0.2, 0.25) is 0 Å². The number of aromatic nitrogens is 3. The summed E-state index contributed by atoms with van der Waals surface area (Å²) >= 11 is 1.43. The molecule has 2 aromatic rings. The van der Waals surface area contributed by atoms with E-state index in [1.54, 1.807) is 22.3 Å². The van der Waals surface area contributed by atoms with Crippen LogP contribution in [0.5, 0.6) is 0 Å². The number of amides is 1. The van der Waals surface area contributed by atoms with Crippen LogP contribution < -0.4 is 5.32 Å². The molecule has 5 nitrogen and oxygen atoms in total.